The maximum atomic E-state index is 5.80. The first-order valence-electron chi connectivity index (χ1n) is 6.47. The summed E-state index contributed by atoms with van der Waals surface area (Å²) in [4.78, 5) is 12.0. The van der Waals surface area contributed by atoms with Gasteiger partial charge in [-0.25, -0.2) is 4.98 Å². The van der Waals surface area contributed by atoms with Gasteiger partial charge in [-0.1, -0.05) is 0 Å². The smallest absolute Gasteiger partial charge is 0.227 e. The summed E-state index contributed by atoms with van der Waals surface area (Å²) >= 11 is 1.61. The molecule has 2 aromatic heterocycles. The summed E-state index contributed by atoms with van der Waals surface area (Å²) in [6.45, 7) is 4.51. The Morgan fingerprint density at radius 3 is 2.95 bits per heavy atom. The van der Waals surface area contributed by atoms with E-state index in [4.69, 9.17) is 4.74 Å². The van der Waals surface area contributed by atoms with Gasteiger partial charge in [-0.15, -0.1) is 11.3 Å². The fraction of sp³-hybridized carbons (Fsp3) is 0.538. The van der Waals surface area contributed by atoms with Crippen molar-refractivity contribution in [3.05, 3.63) is 11.4 Å². The second-order valence-electron chi connectivity index (χ2n) is 4.53. The van der Waals surface area contributed by atoms with Gasteiger partial charge in [-0.2, -0.15) is 4.98 Å². The molecule has 6 heteroatoms. The number of fused-ring (bicyclic) bond motifs is 1. The highest BCUT2D eigenvalue weighted by molar-refractivity contribution is 7.16. The maximum absolute atomic E-state index is 5.80. The predicted octanol–water partition coefficient (Wildman–Crippen LogP) is 2.45. The Labute approximate surface area is 117 Å². The topological polar surface area (TPSA) is 50.3 Å². The van der Waals surface area contributed by atoms with Crippen LogP contribution in [-0.4, -0.2) is 48.7 Å². The third-order valence-corrected chi connectivity index (χ3v) is 3.42. The first kappa shape index (κ1) is 14.0. The minimum atomic E-state index is 0.639. The van der Waals surface area contributed by atoms with Crippen molar-refractivity contribution in [3.63, 3.8) is 0 Å². The van der Waals surface area contributed by atoms with Crippen LogP contribution >= 0.6 is 11.3 Å². The van der Waals surface area contributed by atoms with E-state index in [0.29, 0.717) is 18.4 Å². The average Bonchev–Trinajstić information content (AvgIpc) is 2.83. The normalized spacial score (nSPS) is 11.2. The number of nitrogens with zero attached hydrogens (tertiary/aromatic N) is 3. The molecule has 0 saturated carbocycles. The molecular weight excluding hydrogens is 260 g/mol. The van der Waals surface area contributed by atoms with Crippen LogP contribution in [0.3, 0.4) is 0 Å². The molecule has 0 atom stereocenters. The van der Waals surface area contributed by atoms with Crippen molar-refractivity contribution in [1.29, 1.82) is 0 Å². The van der Waals surface area contributed by atoms with Crippen molar-refractivity contribution in [3.8, 4) is 5.88 Å². The summed E-state index contributed by atoms with van der Waals surface area (Å²) in [6.07, 6.45) is 0.985. The molecule has 0 fully saturated rings. The molecule has 0 amide bonds. The molecule has 19 heavy (non-hydrogen) atoms. The highest BCUT2D eigenvalue weighted by atomic mass is 32.1. The van der Waals surface area contributed by atoms with E-state index in [2.05, 4.69) is 34.3 Å². The van der Waals surface area contributed by atoms with Crippen LogP contribution in [0.4, 0.5) is 5.95 Å². The number of hydrogen-bond donors (Lipinski definition) is 1. The Balaban J connectivity index is 2.09. The van der Waals surface area contributed by atoms with Crippen LogP contribution in [-0.2, 0) is 0 Å². The zero-order chi connectivity index (χ0) is 13.7. The highest BCUT2D eigenvalue weighted by Gasteiger charge is 2.09. The third kappa shape index (κ3) is 3.78. The van der Waals surface area contributed by atoms with Crippen LogP contribution in [0.5, 0.6) is 5.88 Å². The van der Waals surface area contributed by atoms with Gasteiger partial charge in [-0.05, 0) is 38.9 Å². The van der Waals surface area contributed by atoms with Crippen molar-refractivity contribution in [2.75, 3.05) is 39.1 Å². The van der Waals surface area contributed by atoms with Gasteiger partial charge in [-0.3, -0.25) is 0 Å². The van der Waals surface area contributed by atoms with E-state index in [1.54, 1.807) is 11.3 Å². The lowest BCUT2D eigenvalue weighted by Gasteiger charge is -2.11. The molecule has 0 aliphatic heterocycles. The first-order valence-corrected chi connectivity index (χ1v) is 7.35. The molecule has 5 nitrogen and oxygen atoms in total. The zero-order valence-corrected chi connectivity index (χ0v) is 12.5. The fourth-order valence-corrected chi connectivity index (χ4v) is 2.48. The number of thiophene rings is 1. The van der Waals surface area contributed by atoms with Gasteiger partial charge in [0.2, 0.25) is 11.8 Å². The Morgan fingerprint density at radius 2 is 2.21 bits per heavy atom. The monoisotopic (exact) mass is 280 g/mol. The average molecular weight is 280 g/mol. The van der Waals surface area contributed by atoms with Crippen LogP contribution < -0.4 is 10.1 Å². The number of hydrogen-bond acceptors (Lipinski definition) is 6. The van der Waals surface area contributed by atoms with Crippen LogP contribution in [0, 0.1) is 0 Å². The quantitative estimate of drug-likeness (QED) is 0.790. The largest absolute Gasteiger partial charge is 0.477 e. The molecule has 0 unspecified atom stereocenters. The minimum Gasteiger partial charge on any atom is -0.477 e. The molecule has 1 N–H and O–H groups in total. The summed E-state index contributed by atoms with van der Waals surface area (Å²) in [5, 5.41) is 6.15. The predicted molar refractivity (Wildman–Crippen MR) is 80.2 cm³/mol. The number of anilines is 1. The van der Waals surface area contributed by atoms with Crippen molar-refractivity contribution in [2.45, 2.75) is 13.3 Å². The molecule has 0 saturated heterocycles. The molecular formula is C13H20N4OS. The van der Waals surface area contributed by atoms with Gasteiger partial charge in [0.15, 0.2) is 0 Å². The molecule has 0 aliphatic rings. The van der Waals surface area contributed by atoms with Gasteiger partial charge < -0.3 is 15.0 Å². The molecule has 0 radical (unpaired) electrons. The fourth-order valence-electron chi connectivity index (χ4n) is 1.73. The van der Waals surface area contributed by atoms with E-state index in [-0.39, 0.29) is 0 Å². The van der Waals surface area contributed by atoms with Crippen LogP contribution in [0.15, 0.2) is 11.4 Å². The summed E-state index contributed by atoms with van der Waals surface area (Å²) in [6, 6.07) is 2.01. The summed E-state index contributed by atoms with van der Waals surface area (Å²) in [5.41, 5.74) is 0. The number of nitrogens with one attached hydrogen (secondary N) is 1. The third-order valence-electron chi connectivity index (χ3n) is 2.61. The lowest BCUT2D eigenvalue weighted by atomic mass is 10.4. The summed E-state index contributed by atoms with van der Waals surface area (Å²) in [5.74, 6) is 1.32. The van der Waals surface area contributed by atoms with E-state index >= 15 is 0 Å². The van der Waals surface area contributed by atoms with E-state index < -0.39 is 0 Å². The molecule has 0 spiro atoms. The van der Waals surface area contributed by atoms with Crippen LogP contribution in [0.2, 0.25) is 0 Å². The molecule has 2 aromatic rings. The van der Waals surface area contributed by atoms with Crippen molar-refractivity contribution in [1.82, 2.24) is 14.9 Å². The highest BCUT2D eigenvalue weighted by Crippen LogP contribution is 2.28. The van der Waals surface area contributed by atoms with Crippen LogP contribution in [0.1, 0.15) is 13.3 Å². The summed E-state index contributed by atoms with van der Waals surface area (Å²) < 4.78 is 5.80. The molecule has 0 bridgehead atoms. The molecule has 0 aromatic carbocycles. The van der Waals surface area contributed by atoms with E-state index in [9.17, 15) is 0 Å². The second kappa shape index (κ2) is 6.68. The Kier molecular flexibility index (Phi) is 4.93. The minimum absolute atomic E-state index is 0.639. The Bertz CT molecular complexity index is 526. The number of aromatic nitrogens is 2. The Hall–Kier alpha value is -1.40. The van der Waals surface area contributed by atoms with Gasteiger partial charge in [0.1, 0.15) is 4.83 Å². The van der Waals surface area contributed by atoms with E-state index in [1.807, 2.05) is 18.4 Å². The van der Waals surface area contributed by atoms with Crippen molar-refractivity contribution >= 4 is 27.5 Å². The Morgan fingerprint density at radius 1 is 1.37 bits per heavy atom. The van der Waals surface area contributed by atoms with Gasteiger partial charge in [0.05, 0.1) is 12.0 Å². The molecule has 0 aliphatic carbocycles. The van der Waals surface area contributed by atoms with E-state index in [1.165, 1.54) is 0 Å². The van der Waals surface area contributed by atoms with E-state index in [0.717, 1.165) is 29.7 Å². The number of ether oxygens (including phenoxy) is 1. The molecule has 104 valence electrons. The summed E-state index contributed by atoms with van der Waals surface area (Å²) in [7, 11) is 4.12. The molecule has 2 heterocycles. The van der Waals surface area contributed by atoms with Gasteiger partial charge in [0, 0.05) is 13.1 Å². The van der Waals surface area contributed by atoms with Crippen molar-refractivity contribution < 1.29 is 4.74 Å². The number of rotatable bonds is 7. The van der Waals surface area contributed by atoms with Gasteiger partial charge in [0.25, 0.3) is 0 Å². The lowest BCUT2D eigenvalue weighted by Crippen LogP contribution is -2.16. The van der Waals surface area contributed by atoms with Gasteiger partial charge >= 0.3 is 0 Å². The zero-order valence-electron chi connectivity index (χ0n) is 11.6. The maximum Gasteiger partial charge on any atom is 0.227 e. The second-order valence-corrected chi connectivity index (χ2v) is 5.42. The molecule has 2 rings (SSSR count). The first-order chi connectivity index (χ1) is 9.20. The standard InChI is InChI=1S/C13H20N4OS/c1-4-14-13-15-11(18-8-5-7-17(2)3)10-6-9-19-12(10)16-13/h6,9H,4-5,7-8H2,1-3H3,(H,14,15,16). The van der Waals surface area contributed by atoms with Crippen LogP contribution in [0.25, 0.3) is 10.2 Å². The lowest BCUT2D eigenvalue weighted by molar-refractivity contribution is 0.276. The SMILES string of the molecule is CCNc1nc(OCCCN(C)C)c2ccsc2n1. The van der Waals surface area contributed by atoms with Crippen molar-refractivity contribution in [2.24, 2.45) is 0 Å².